The number of carbonyl (C=O) groups excluding carboxylic acids is 1. The summed E-state index contributed by atoms with van der Waals surface area (Å²) < 4.78 is 6.68. The third kappa shape index (κ3) is 8.79. The fraction of sp³-hybridized carbons (Fsp3) is 0.480. The molecule has 0 spiro atoms. The summed E-state index contributed by atoms with van der Waals surface area (Å²) in [5, 5.41) is 0. The Morgan fingerprint density at radius 3 is 2.13 bits per heavy atom. The van der Waals surface area contributed by atoms with Gasteiger partial charge < -0.3 is 4.74 Å². The first-order valence-electron chi connectivity index (χ1n) is 11.2. The molecule has 0 unspecified atom stereocenters. The van der Waals surface area contributed by atoms with Gasteiger partial charge in [-0.15, -0.1) is 0 Å². The second-order valence-electron chi connectivity index (χ2n) is 7.96. The molecule has 1 N–H and O–H groups in total. The molecule has 2 rings (SSSR count). The van der Waals surface area contributed by atoms with Gasteiger partial charge in [0.1, 0.15) is 0 Å². The van der Waals surface area contributed by atoms with Crippen LogP contribution in [-0.2, 0) is 16.1 Å². The molecule has 6 heteroatoms. The lowest BCUT2D eigenvalue weighted by molar-refractivity contribution is -0.139. The quantitative estimate of drug-likeness (QED) is 0.266. The SMILES string of the molecule is C=C(C)C(=O)OCCCCCCCCCCCn1cc(-c2ccccc2)c(=O)[nH]c1=O. The van der Waals surface area contributed by atoms with Crippen molar-refractivity contribution in [3.8, 4) is 11.1 Å². The van der Waals surface area contributed by atoms with Gasteiger partial charge in [0, 0.05) is 18.3 Å². The standard InChI is InChI=1S/C25H34N2O4/c1-20(2)24(29)31-18-14-9-7-5-3-4-6-8-13-17-27-19-22(23(28)26-25(27)30)21-15-11-10-12-16-21/h10-12,15-16,19H,1,3-9,13-14,17-18H2,2H3,(H,26,28,30). The molecule has 0 aliphatic carbocycles. The number of ether oxygens (including phenoxy) is 1. The molecule has 1 aromatic carbocycles. The number of hydrogen-bond donors (Lipinski definition) is 1. The van der Waals surface area contributed by atoms with Crippen molar-refractivity contribution >= 4 is 5.97 Å². The molecule has 1 heterocycles. The van der Waals surface area contributed by atoms with Gasteiger partial charge in [0.05, 0.1) is 12.2 Å². The van der Waals surface area contributed by atoms with Crippen molar-refractivity contribution in [1.82, 2.24) is 9.55 Å². The van der Waals surface area contributed by atoms with Crippen LogP contribution >= 0.6 is 0 Å². The van der Waals surface area contributed by atoms with Crippen LogP contribution in [0.1, 0.15) is 64.7 Å². The maximum atomic E-state index is 12.1. The largest absolute Gasteiger partial charge is 0.462 e. The van der Waals surface area contributed by atoms with Gasteiger partial charge >= 0.3 is 11.7 Å². The minimum atomic E-state index is -0.349. The maximum Gasteiger partial charge on any atom is 0.333 e. The summed E-state index contributed by atoms with van der Waals surface area (Å²) in [6.45, 7) is 6.30. The highest BCUT2D eigenvalue weighted by Gasteiger charge is 2.07. The van der Waals surface area contributed by atoms with Crippen molar-refractivity contribution in [2.24, 2.45) is 0 Å². The molecule has 0 aliphatic heterocycles. The van der Waals surface area contributed by atoms with Gasteiger partial charge in [0.2, 0.25) is 0 Å². The van der Waals surface area contributed by atoms with E-state index >= 15 is 0 Å². The number of hydrogen-bond acceptors (Lipinski definition) is 4. The molecule has 0 aliphatic rings. The summed E-state index contributed by atoms with van der Waals surface area (Å²) >= 11 is 0. The summed E-state index contributed by atoms with van der Waals surface area (Å²) in [7, 11) is 0. The Bertz CT molecular complexity index is 944. The summed E-state index contributed by atoms with van der Waals surface area (Å²) in [4.78, 5) is 37.9. The van der Waals surface area contributed by atoms with E-state index in [9.17, 15) is 14.4 Å². The first-order chi connectivity index (χ1) is 15.0. The second-order valence-corrected chi connectivity index (χ2v) is 7.96. The Morgan fingerprint density at radius 1 is 0.935 bits per heavy atom. The van der Waals surface area contributed by atoms with E-state index in [1.807, 2.05) is 30.3 Å². The number of H-pyrrole nitrogens is 1. The number of benzene rings is 1. The van der Waals surface area contributed by atoms with E-state index in [0.717, 1.165) is 44.1 Å². The van der Waals surface area contributed by atoms with Crippen molar-refractivity contribution in [2.45, 2.75) is 71.3 Å². The minimum Gasteiger partial charge on any atom is -0.462 e. The van der Waals surface area contributed by atoms with Crippen molar-refractivity contribution in [3.63, 3.8) is 0 Å². The van der Waals surface area contributed by atoms with Crippen LogP contribution in [0.5, 0.6) is 0 Å². The Morgan fingerprint density at radius 2 is 1.52 bits per heavy atom. The summed E-state index contributed by atoms with van der Waals surface area (Å²) in [6, 6.07) is 9.39. The van der Waals surface area contributed by atoms with Gasteiger partial charge in [-0.3, -0.25) is 14.3 Å². The third-order valence-corrected chi connectivity index (χ3v) is 5.22. The van der Waals surface area contributed by atoms with E-state index in [2.05, 4.69) is 11.6 Å². The minimum absolute atomic E-state index is 0.305. The summed E-state index contributed by atoms with van der Waals surface area (Å²) in [6.07, 6.45) is 11.5. The van der Waals surface area contributed by atoms with Crippen LogP contribution in [-0.4, -0.2) is 22.1 Å². The van der Waals surface area contributed by atoms with Gasteiger partial charge in [0.25, 0.3) is 5.56 Å². The predicted molar refractivity (Wildman–Crippen MR) is 124 cm³/mol. The number of aryl methyl sites for hydroxylation is 1. The van der Waals surface area contributed by atoms with E-state index in [1.165, 1.54) is 19.3 Å². The lowest BCUT2D eigenvalue weighted by atomic mass is 10.1. The summed E-state index contributed by atoms with van der Waals surface area (Å²) in [5.74, 6) is -0.305. The van der Waals surface area contributed by atoms with Gasteiger partial charge in [-0.2, -0.15) is 0 Å². The van der Waals surface area contributed by atoms with Crippen LogP contribution in [0.3, 0.4) is 0 Å². The Balaban J connectivity index is 1.58. The molecule has 1 aromatic heterocycles. The number of aromatic amines is 1. The van der Waals surface area contributed by atoms with Gasteiger partial charge in [-0.25, -0.2) is 9.59 Å². The van der Waals surface area contributed by atoms with Crippen molar-refractivity contribution in [2.75, 3.05) is 6.61 Å². The normalized spacial score (nSPS) is 10.7. The van der Waals surface area contributed by atoms with E-state index in [1.54, 1.807) is 17.7 Å². The average molecular weight is 427 g/mol. The number of aromatic nitrogens is 2. The first-order valence-corrected chi connectivity index (χ1v) is 11.2. The topological polar surface area (TPSA) is 81.2 Å². The molecule has 0 amide bonds. The Labute approximate surface area is 184 Å². The van der Waals surface area contributed by atoms with Crippen molar-refractivity contribution < 1.29 is 9.53 Å². The molecule has 6 nitrogen and oxygen atoms in total. The smallest absolute Gasteiger partial charge is 0.333 e. The van der Waals surface area contributed by atoms with Gasteiger partial charge in [0.15, 0.2) is 0 Å². The zero-order valence-electron chi connectivity index (χ0n) is 18.5. The number of esters is 1. The lowest BCUT2D eigenvalue weighted by Gasteiger charge is -2.08. The number of nitrogens with one attached hydrogen (secondary N) is 1. The molecular weight excluding hydrogens is 392 g/mol. The molecule has 2 aromatic rings. The zero-order valence-corrected chi connectivity index (χ0v) is 18.5. The molecule has 31 heavy (non-hydrogen) atoms. The number of carbonyl (C=O) groups is 1. The highest BCUT2D eigenvalue weighted by Crippen LogP contribution is 2.14. The molecule has 0 fully saturated rings. The second kappa shape index (κ2) is 13.4. The fourth-order valence-corrected chi connectivity index (χ4v) is 3.41. The molecule has 0 atom stereocenters. The van der Waals surface area contributed by atoms with E-state index in [4.69, 9.17) is 4.74 Å². The van der Waals surface area contributed by atoms with Gasteiger partial charge in [-0.05, 0) is 25.3 Å². The average Bonchev–Trinajstić information content (AvgIpc) is 2.76. The number of unbranched alkanes of at least 4 members (excludes halogenated alkanes) is 8. The first kappa shape index (κ1) is 24.4. The van der Waals surface area contributed by atoms with E-state index < -0.39 is 0 Å². The fourth-order valence-electron chi connectivity index (χ4n) is 3.41. The number of rotatable bonds is 14. The van der Waals surface area contributed by atoms with Crippen LogP contribution in [0, 0.1) is 0 Å². The maximum absolute atomic E-state index is 12.1. The van der Waals surface area contributed by atoms with Crippen molar-refractivity contribution in [1.29, 1.82) is 0 Å². The lowest BCUT2D eigenvalue weighted by Crippen LogP contribution is -2.30. The molecule has 0 radical (unpaired) electrons. The molecular formula is C25H34N2O4. The molecule has 0 saturated carbocycles. The van der Waals surface area contributed by atoms with Crippen molar-refractivity contribution in [3.05, 3.63) is 69.5 Å². The third-order valence-electron chi connectivity index (χ3n) is 5.22. The highest BCUT2D eigenvalue weighted by molar-refractivity contribution is 5.86. The van der Waals surface area contributed by atoms with Crippen LogP contribution < -0.4 is 11.2 Å². The van der Waals surface area contributed by atoms with E-state index in [-0.39, 0.29) is 17.2 Å². The molecule has 168 valence electrons. The van der Waals surface area contributed by atoms with Crippen LogP contribution in [0.25, 0.3) is 11.1 Å². The Kier molecular flexibility index (Phi) is 10.6. The van der Waals surface area contributed by atoms with Crippen LogP contribution in [0.2, 0.25) is 0 Å². The van der Waals surface area contributed by atoms with Crippen LogP contribution in [0.15, 0.2) is 58.3 Å². The molecule has 0 bridgehead atoms. The highest BCUT2D eigenvalue weighted by atomic mass is 16.5. The predicted octanol–water partition coefficient (Wildman–Crippen LogP) is 4.83. The number of nitrogens with zero attached hydrogens (tertiary/aromatic N) is 1. The monoisotopic (exact) mass is 426 g/mol. The van der Waals surface area contributed by atoms with E-state index in [0.29, 0.717) is 24.3 Å². The van der Waals surface area contributed by atoms with Crippen LogP contribution in [0.4, 0.5) is 0 Å². The Hall–Kier alpha value is -2.89. The molecule has 0 saturated heterocycles. The zero-order chi connectivity index (χ0) is 22.5. The summed E-state index contributed by atoms with van der Waals surface area (Å²) in [5.41, 5.74) is 1.09. The van der Waals surface area contributed by atoms with Gasteiger partial charge in [-0.1, -0.05) is 81.9 Å².